The second-order valence-electron chi connectivity index (χ2n) is 7.10. The molecule has 0 unspecified atom stereocenters. The normalized spacial score (nSPS) is 20.3. The molecule has 2 aliphatic heterocycles. The zero-order valence-electron chi connectivity index (χ0n) is 16.4. The number of hydrogen-bond acceptors (Lipinski definition) is 3. The van der Waals surface area contributed by atoms with E-state index in [9.17, 15) is 4.79 Å². The van der Waals surface area contributed by atoms with Crippen LogP contribution < -0.4 is 10.6 Å². The molecule has 0 bridgehead atoms. The summed E-state index contributed by atoms with van der Waals surface area (Å²) in [6.45, 7) is 12.9. The van der Waals surface area contributed by atoms with Crippen LogP contribution in [0.15, 0.2) is 0 Å². The molecule has 24 heavy (non-hydrogen) atoms. The van der Waals surface area contributed by atoms with Gasteiger partial charge in [-0.3, -0.25) is 4.79 Å². The summed E-state index contributed by atoms with van der Waals surface area (Å²) in [6.07, 6.45) is 9.85. The van der Waals surface area contributed by atoms with Crippen LogP contribution >= 0.6 is 0 Å². The van der Waals surface area contributed by atoms with Gasteiger partial charge in [0, 0.05) is 13.9 Å². The molecule has 0 saturated carbocycles. The first-order valence-electron chi connectivity index (χ1n) is 10.5. The maximum atomic E-state index is 12.0. The van der Waals surface area contributed by atoms with Crippen LogP contribution in [0, 0.1) is 11.8 Å². The Morgan fingerprint density at radius 2 is 1.79 bits per heavy atom. The van der Waals surface area contributed by atoms with Gasteiger partial charge in [-0.05, 0) is 77.2 Å². The van der Waals surface area contributed by atoms with E-state index >= 15 is 0 Å². The molecule has 4 nitrogen and oxygen atoms in total. The number of nitrogens with one attached hydrogen (secondary N) is 2. The fourth-order valence-electron chi connectivity index (χ4n) is 3.81. The van der Waals surface area contributed by atoms with E-state index in [0.29, 0.717) is 0 Å². The van der Waals surface area contributed by atoms with Crippen molar-refractivity contribution in [3.05, 3.63) is 0 Å². The van der Waals surface area contributed by atoms with E-state index in [0.717, 1.165) is 44.8 Å². The minimum absolute atomic E-state index is 0. The Morgan fingerprint density at radius 1 is 1.12 bits per heavy atom. The molecule has 2 heterocycles. The molecule has 0 aromatic heterocycles. The van der Waals surface area contributed by atoms with Crippen molar-refractivity contribution in [3.63, 3.8) is 0 Å². The van der Waals surface area contributed by atoms with Crippen molar-refractivity contribution < 1.29 is 6.22 Å². The van der Waals surface area contributed by atoms with Gasteiger partial charge in [0.1, 0.15) is 0 Å². The Labute approximate surface area is 151 Å². The zero-order valence-corrected chi connectivity index (χ0v) is 16.4. The first-order chi connectivity index (χ1) is 11.8. The lowest BCUT2D eigenvalue weighted by molar-refractivity contribution is -0.125. The van der Waals surface area contributed by atoms with Crippen molar-refractivity contribution in [1.29, 1.82) is 0 Å². The Morgan fingerprint density at radius 3 is 2.42 bits per heavy atom. The molecule has 144 valence electrons. The van der Waals surface area contributed by atoms with Crippen molar-refractivity contribution in [2.75, 3.05) is 39.3 Å². The summed E-state index contributed by atoms with van der Waals surface area (Å²) >= 11 is 0. The standard InChI is InChI=1S/C18H35N3O.C2H6.H2/c1-2-5-16-8-14-21(15-9-16)13-4-3-10-20-18(22)17-6-11-19-12-7-17;1-2;/h16-17,19H,2-15H2,1H3,(H,20,22);1-2H3;1H. The van der Waals surface area contributed by atoms with Gasteiger partial charge in [0.05, 0.1) is 0 Å². The van der Waals surface area contributed by atoms with Gasteiger partial charge in [0.25, 0.3) is 0 Å². The third kappa shape index (κ3) is 8.48. The van der Waals surface area contributed by atoms with Crippen molar-refractivity contribution >= 4 is 5.91 Å². The molecule has 0 radical (unpaired) electrons. The number of carbonyl (C=O) groups excluding carboxylic acids is 1. The molecule has 0 atom stereocenters. The highest BCUT2D eigenvalue weighted by Crippen LogP contribution is 2.21. The van der Waals surface area contributed by atoms with Gasteiger partial charge in [-0.1, -0.05) is 33.6 Å². The molecule has 0 aliphatic carbocycles. The number of amides is 1. The van der Waals surface area contributed by atoms with E-state index < -0.39 is 0 Å². The molecule has 2 fully saturated rings. The minimum Gasteiger partial charge on any atom is -0.356 e. The van der Waals surface area contributed by atoms with Crippen molar-refractivity contribution in [1.82, 2.24) is 15.5 Å². The highest BCUT2D eigenvalue weighted by Gasteiger charge is 2.20. The monoisotopic (exact) mass is 341 g/mol. The molecule has 1 amide bonds. The van der Waals surface area contributed by atoms with E-state index in [1.54, 1.807) is 0 Å². The molecule has 2 N–H and O–H groups in total. The third-order valence-corrected chi connectivity index (χ3v) is 5.31. The topological polar surface area (TPSA) is 44.4 Å². The first-order valence-corrected chi connectivity index (χ1v) is 10.5. The molecule has 4 heteroatoms. The number of piperidine rings is 2. The number of likely N-dealkylation sites (tertiary alicyclic amines) is 1. The predicted octanol–water partition coefficient (Wildman–Crippen LogP) is 3.67. The van der Waals surface area contributed by atoms with Crippen LogP contribution in [0.5, 0.6) is 0 Å². The van der Waals surface area contributed by atoms with Crippen molar-refractivity contribution in [2.24, 2.45) is 11.8 Å². The number of carbonyl (C=O) groups is 1. The highest BCUT2D eigenvalue weighted by molar-refractivity contribution is 5.78. The van der Waals surface area contributed by atoms with Crippen LogP contribution in [-0.2, 0) is 4.79 Å². The summed E-state index contributed by atoms with van der Waals surface area (Å²) in [5, 5.41) is 6.44. The number of unbranched alkanes of at least 4 members (excludes halogenated alkanes) is 1. The third-order valence-electron chi connectivity index (χ3n) is 5.31. The van der Waals surface area contributed by atoms with Crippen LogP contribution in [0.3, 0.4) is 0 Å². The molecule has 2 aliphatic rings. The fourth-order valence-corrected chi connectivity index (χ4v) is 3.81. The van der Waals surface area contributed by atoms with Gasteiger partial charge in [-0.2, -0.15) is 0 Å². The molecule has 0 aromatic rings. The summed E-state index contributed by atoms with van der Waals surface area (Å²) in [6, 6.07) is 0. The molecular formula is C20H43N3O. The first kappa shape index (κ1) is 21.4. The maximum absolute atomic E-state index is 12.0. The molecule has 2 rings (SSSR count). The summed E-state index contributed by atoms with van der Waals surface area (Å²) in [7, 11) is 0. The van der Waals surface area contributed by atoms with Crippen molar-refractivity contribution in [3.8, 4) is 0 Å². The smallest absolute Gasteiger partial charge is 0.223 e. The maximum Gasteiger partial charge on any atom is 0.223 e. The average Bonchev–Trinajstić information content (AvgIpc) is 2.65. The SMILES string of the molecule is CC.CCCC1CCN(CCCCNC(=O)C2CCNCC2)CC1.[HH]. The van der Waals surface area contributed by atoms with Crippen LogP contribution in [0.4, 0.5) is 0 Å². The Kier molecular flexibility index (Phi) is 12.2. The fraction of sp³-hybridized carbons (Fsp3) is 0.950. The van der Waals surface area contributed by atoms with Crippen molar-refractivity contribution in [2.45, 2.75) is 72.1 Å². The summed E-state index contributed by atoms with van der Waals surface area (Å²) < 4.78 is 0. The lowest BCUT2D eigenvalue weighted by Gasteiger charge is -2.31. The largest absolute Gasteiger partial charge is 0.356 e. The van der Waals surface area contributed by atoms with E-state index in [2.05, 4.69) is 22.5 Å². The number of nitrogens with zero attached hydrogens (tertiary/aromatic N) is 1. The second-order valence-corrected chi connectivity index (χ2v) is 7.10. The Hall–Kier alpha value is -0.610. The summed E-state index contributed by atoms with van der Waals surface area (Å²) in [4.78, 5) is 14.6. The second kappa shape index (κ2) is 13.7. The van der Waals surface area contributed by atoms with Gasteiger partial charge in [-0.15, -0.1) is 0 Å². The highest BCUT2D eigenvalue weighted by atomic mass is 16.1. The molecule has 2 saturated heterocycles. The Bertz CT molecular complexity index is 314. The summed E-state index contributed by atoms with van der Waals surface area (Å²) in [5.74, 6) is 1.51. The molecule has 0 spiro atoms. The Balaban J connectivity index is 0.00000185. The lowest BCUT2D eigenvalue weighted by Crippen LogP contribution is -2.38. The van der Waals surface area contributed by atoms with E-state index in [1.807, 2.05) is 13.8 Å². The van der Waals surface area contributed by atoms with Gasteiger partial charge in [0.15, 0.2) is 0 Å². The quantitative estimate of drug-likeness (QED) is 0.662. The van der Waals surface area contributed by atoms with Gasteiger partial charge < -0.3 is 15.5 Å². The van der Waals surface area contributed by atoms with Gasteiger partial charge in [-0.25, -0.2) is 0 Å². The number of rotatable bonds is 8. The van der Waals surface area contributed by atoms with E-state index in [-0.39, 0.29) is 13.3 Å². The van der Waals surface area contributed by atoms with Gasteiger partial charge in [0.2, 0.25) is 5.91 Å². The number of hydrogen-bond donors (Lipinski definition) is 2. The van der Waals surface area contributed by atoms with Crippen LogP contribution in [0.25, 0.3) is 0 Å². The minimum atomic E-state index is 0. The summed E-state index contributed by atoms with van der Waals surface area (Å²) in [5.41, 5.74) is 0. The lowest BCUT2D eigenvalue weighted by atomic mass is 9.92. The van der Waals surface area contributed by atoms with Gasteiger partial charge >= 0.3 is 0 Å². The zero-order chi connectivity index (χ0) is 17.6. The van der Waals surface area contributed by atoms with Crippen LogP contribution in [-0.4, -0.2) is 50.1 Å². The van der Waals surface area contributed by atoms with E-state index in [1.165, 1.54) is 51.7 Å². The molecular weight excluding hydrogens is 298 g/mol. The predicted molar refractivity (Wildman–Crippen MR) is 105 cm³/mol. The average molecular weight is 342 g/mol. The van der Waals surface area contributed by atoms with Crippen LogP contribution in [0.2, 0.25) is 0 Å². The van der Waals surface area contributed by atoms with Crippen LogP contribution in [0.1, 0.15) is 73.6 Å². The molecule has 0 aromatic carbocycles. The van der Waals surface area contributed by atoms with E-state index in [4.69, 9.17) is 0 Å².